The van der Waals surface area contributed by atoms with Gasteiger partial charge in [0.1, 0.15) is 22.9 Å². The molecule has 0 aromatic heterocycles. The van der Waals surface area contributed by atoms with E-state index in [9.17, 15) is 45.0 Å². The van der Waals surface area contributed by atoms with Gasteiger partial charge in [0.15, 0.2) is 29.1 Å². The lowest BCUT2D eigenvalue weighted by molar-refractivity contribution is -0.284. The first kappa shape index (κ1) is 22.8. The Kier molecular flexibility index (Phi) is 6.25. The average Bonchev–Trinajstić information content (AvgIpc) is 2.43. The van der Waals surface area contributed by atoms with E-state index in [0.717, 1.165) is 34.6 Å². The number of aliphatic hydroxyl groups is 6. The Hall–Kier alpha value is -1.23. The number of hydrogen-bond acceptors (Lipinski definition) is 9. The second-order valence-electron chi connectivity index (χ2n) is 6.66. The topological polar surface area (TPSA) is 173 Å². The molecule has 0 bridgehead atoms. The van der Waals surface area contributed by atoms with Crippen LogP contribution in [0.2, 0.25) is 0 Å². The van der Waals surface area contributed by atoms with Crippen molar-refractivity contribution in [2.24, 2.45) is 0 Å². The number of Topliss-reactive ketones (excluding diaryl/α,β-unsaturated/α-hetero) is 3. The summed E-state index contributed by atoms with van der Waals surface area (Å²) in [6.07, 6.45) is -4.80. The van der Waals surface area contributed by atoms with E-state index in [1.165, 1.54) is 0 Å². The Labute approximate surface area is 139 Å². The standard InChI is InChI=1S/C15H26O9/c1-7(16)10(19)15(24,9(3)18)14(6,23)13(5,22)11(20)12(4,21)8(2)17/h10-11,19-24H,1-6H3/t10?,11-,12?,13+,14-,15+/m0/s1. The first-order valence-electron chi connectivity index (χ1n) is 7.18. The molecule has 6 N–H and O–H groups in total. The van der Waals surface area contributed by atoms with E-state index in [-0.39, 0.29) is 0 Å². The molecule has 0 radical (unpaired) electrons. The van der Waals surface area contributed by atoms with Crippen LogP contribution < -0.4 is 0 Å². The minimum absolute atomic E-state index is 0.694. The molecule has 9 nitrogen and oxygen atoms in total. The van der Waals surface area contributed by atoms with Crippen LogP contribution in [-0.4, -0.2) is 82.6 Å². The second-order valence-corrected chi connectivity index (χ2v) is 6.66. The van der Waals surface area contributed by atoms with Gasteiger partial charge in [-0.3, -0.25) is 14.4 Å². The zero-order chi connectivity index (χ0) is 19.9. The summed E-state index contributed by atoms with van der Waals surface area (Å²) >= 11 is 0. The van der Waals surface area contributed by atoms with Crippen LogP contribution in [0, 0.1) is 0 Å². The van der Waals surface area contributed by atoms with Crippen molar-refractivity contribution in [3.63, 3.8) is 0 Å². The third kappa shape index (κ3) is 3.15. The van der Waals surface area contributed by atoms with Gasteiger partial charge in [0.05, 0.1) is 0 Å². The molecule has 0 aromatic carbocycles. The van der Waals surface area contributed by atoms with Crippen LogP contribution in [-0.2, 0) is 14.4 Å². The molecule has 24 heavy (non-hydrogen) atoms. The molecule has 0 aromatic rings. The van der Waals surface area contributed by atoms with Crippen LogP contribution in [0.5, 0.6) is 0 Å². The Morgan fingerprint density at radius 3 is 1.42 bits per heavy atom. The fraction of sp³-hybridized carbons (Fsp3) is 0.800. The third-order valence-electron chi connectivity index (χ3n) is 4.82. The monoisotopic (exact) mass is 350 g/mol. The second kappa shape index (κ2) is 6.58. The smallest absolute Gasteiger partial charge is 0.187 e. The number of aliphatic hydroxyl groups excluding tert-OH is 2. The van der Waals surface area contributed by atoms with E-state index in [0.29, 0.717) is 6.92 Å². The molecule has 0 aliphatic rings. The predicted molar refractivity (Wildman–Crippen MR) is 80.9 cm³/mol. The average molecular weight is 350 g/mol. The summed E-state index contributed by atoms with van der Waals surface area (Å²) < 4.78 is 0. The van der Waals surface area contributed by atoms with Crippen LogP contribution in [0.4, 0.5) is 0 Å². The highest BCUT2D eigenvalue weighted by Gasteiger charge is 2.68. The van der Waals surface area contributed by atoms with Crippen molar-refractivity contribution >= 4 is 17.3 Å². The predicted octanol–water partition coefficient (Wildman–Crippen LogP) is -2.54. The lowest BCUT2D eigenvalue weighted by Gasteiger charge is -2.52. The van der Waals surface area contributed by atoms with Gasteiger partial charge in [-0.15, -0.1) is 0 Å². The third-order valence-corrected chi connectivity index (χ3v) is 4.82. The molecule has 0 rings (SSSR count). The maximum absolute atomic E-state index is 11.9. The number of rotatable bonds is 8. The van der Waals surface area contributed by atoms with Crippen molar-refractivity contribution in [2.75, 3.05) is 0 Å². The summed E-state index contributed by atoms with van der Waals surface area (Å²) in [6.45, 7) is 4.81. The largest absolute Gasteiger partial charge is 0.387 e. The maximum Gasteiger partial charge on any atom is 0.187 e. The molecule has 0 aliphatic heterocycles. The molecule has 0 saturated heterocycles. The summed E-state index contributed by atoms with van der Waals surface area (Å²) in [6, 6.07) is 0. The number of carbonyl (C=O) groups excluding carboxylic acids is 3. The molecule has 0 aliphatic carbocycles. The Morgan fingerprint density at radius 1 is 0.792 bits per heavy atom. The summed E-state index contributed by atoms with van der Waals surface area (Å²) in [4.78, 5) is 34.8. The molecule has 140 valence electrons. The number of hydrogen-bond donors (Lipinski definition) is 6. The van der Waals surface area contributed by atoms with E-state index >= 15 is 0 Å². The molecule has 0 amide bonds. The number of ketones is 3. The Balaban J connectivity index is 6.39. The van der Waals surface area contributed by atoms with Crippen molar-refractivity contribution in [1.29, 1.82) is 0 Å². The lowest BCUT2D eigenvalue weighted by Crippen LogP contribution is -2.78. The van der Waals surface area contributed by atoms with Crippen molar-refractivity contribution in [3.8, 4) is 0 Å². The molecule has 0 saturated carbocycles. The van der Waals surface area contributed by atoms with Gasteiger partial charge in [-0.2, -0.15) is 0 Å². The molecular weight excluding hydrogens is 324 g/mol. The Morgan fingerprint density at radius 2 is 1.17 bits per heavy atom. The minimum Gasteiger partial charge on any atom is -0.387 e. The van der Waals surface area contributed by atoms with Gasteiger partial charge in [0, 0.05) is 0 Å². The maximum atomic E-state index is 11.9. The highest BCUT2D eigenvalue weighted by atomic mass is 16.4. The van der Waals surface area contributed by atoms with Gasteiger partial charge >= 0.3 is 0 Å². The first-order chi connectivity index (χ1) is 10.4. The van der Waals surface area contributed by atoms with Gasteiger partial charge in [0.2, 0.25) is 0 Å². The quantitative estimate of drug-likeness (QED) is 0.276. The normalized spacial score (nSPS) is 24.5. The molecule has 2 unspecified atom stereocenters. The van der Waals surface area contributed by atoms with E-state index < -0.39 is 52.0 Å². The van der Waals surface area contributed by atoms with Crippen LogP contribution >= 0.6 is 0 Å². The first-order valence-corrected chi connectivity index (χ1v) is 7.18. The van der Waals surface area contributed by atoms with Crippen molar-refractivity contribution < 1.29 is 45.0 Å². The highest BCUT2D eigenvalue weighted by Crippen LogP contribution is 2.41. The van der Waals surface area contributed by atoms with Crippen molar-refractivity contribution in [2.45, 2.75) is 76.2 Å². The van der Waals surface area contributed by atoms with Crippen molar-refractivity contribution in [3.05, 3.63) is 0 Å². The van der Waals surface area contributed by atoms with Crippen LogP contribution in [0.3, 0.4) is 0 Å². The van der Waals surface area contributed by atoms with E-state index in [1.807, 2.05) is 0 Å². The van der Waals surface area contributed by atoms with Gasteiger partial charge < -0.3 is 30.6 Å². The summed E-state index contributed by atoms with van der Waals surface area (Å²) in [5.74, 6) is -3.33. The van der Waals surface area contributed by atoms with E-state index in [4.69, 9.17) is 0 Å². The SMILES string of the molecule is CC(=O)C(O)[C@](O)(C(C)=O)[C@@](C)(O)[C@](C)(O)[C@@H](O)C(C)(O)C(C)=O. The lowest BCUT2D eigenvalue weighted by atomic mass is 9.63. The van der Waals surface area contributed by atoms with E-state index in [2.05, 4.69) is 0 Å². The van der Waals surface area contributed by atoms with Crippen LogP contribution in [0.25, 0.3) is 0 Å². The van der Waals surface area contributed by atoms with Crippen LogP contribution in [0.15, 0.2) is 0 Å². The zero-order valence-corrected chi connectivity index (χ0v) is 14.6. The number of carbonyl (C=O) groups is 3. The summed E-state index contributed by atoms with van der Waals surface area (Å²) in [7, 11) is 0. The molecule has 6 atom stereocenters. The van der Waals surface area contributed by atoms with Gasteiger partial charge in [-0.25, -0.2) is 0 Å². The van der Waals surface area contributed by atoms with Crippen LogP contribution in [0.1, 0.15) is 41.5 Å². The van der Waals surface area contributed by atoms with Gasteiger partial charge in [-0.05, 0) is 41.5 Å². The Bertz CT molecular complexity index is 535. The van der Waals surface area contributed by atoms with Crippen molar-refractivity contribution in [1.82, 2.24) is 0 Å². The molecule has 9 heteroatoms. The summed E-state index contributed by atoms with van der Waals surface area (Å²) in [5, 5.41) is 61.9. The van der Waals surface area contributed by atoms with E-state index in [1.54, 1.807) is 0 Å². The van der Waals surface area contributed by atoms with Gasteiger partial charge in [-0.1, -0.05) is 0 Å². The summed E-state index contributed by atoms with van der Waals surface area (Å²) in [5.41, 5.74) is -11.7. The zero-order valence-electron chi connectivity index (χ0n) is 14.6. The molecule has 0 heterocycles. The highest BCUT2D eigenvalue weighted by molar-refractivity contribution is 5.95. The fourth-order valence-electron chi connectivity index (χ4n) is 2.49. The molecule has 0 fully saturated rings. The molecular formula is C15H26O9. The molecule has 0 spiro atoms. The van der Waals surface area contributed by atoms with Gasteiger partial charge in [0.25, 0.3) is 0 Å². The fourth-order valence-corrected chi connectivity index (χ4v) is 2.49. The minimum atomic E-state index is -3.21.